The molecule has 0 spiro atoms. The molecule has 4 aromatic rings. The predicted molar refractivity (Wildman–Crippen MR) is 114 cm³/mol. The highest BCUT2D eigenvalue weighted by molar-refractivity contribution is 5.89. The summed E-state index contributed by atoms with van der Waals surface area (Å²) in [4.78, 5) is 28.1. The van der Waals surface area contributed by atoms with Crippen molar-refractivity contribution < 1.29 is 14.3 Å². The van der Waals surface area contributed by atoms with E-state index in [9.17, 15) is 9.59 Å². The molecule has 0 aliphatic heterocycles. The Bertz CT molecular complexity index is 1180. The van der Waals surface area contributed by atoms with Crippen molar-refractivity contribution in [1.82, 2.24) is 10.3 Å². The third-order valence-corrected chi connectivity index (χ3v) is 5.10. The number of esters is 1. The summed E-state index contributed by atoms with van der Waals surface area (Å²) in [7, 11) is 1.33. The van der Waals surface area contributed by atoms with Crippen LogP contribution in [0.3, 0.4) is 0 Å². The molecule has 4 rings (SSSR count). The molecule has 0 radical (unpaired) electrons. The molecule has 0 fully saturated rings. The van der Waals surface area contributed by atoms with Crippen molar-refractivity contribution in [1.29, 1.82) is 0 Å². The Balaban J connectivity index is 1.49. The molecule has 1 heterocycles. The van der Waals surface area contributed by atoms with Gasteiger partial charge in [0.1, 0.15) is 6.04 Å². The largest absolute Gasteiger partial charge is 0.467 e. The highest BCUT2D eigenvalue weighted by atomic mass is 16.5. The number of rotatable bonds is 6. The van der Waals surface area contributed by atoms with Crippen molar-refractivity contribution in [2.24, 2.45) is 0 Å². The maximum absolute atomic E-state index is 12.6. The number of ether oxygens (including phenoxy) is 1. The molecule has 1 amide bonds. The van der Waals surface area contributed by atoms with Gasteiger partial charge in [-0.25, -0.2) is 4.79 Å². The molecule has 0 unspecified atom stereocenters. The summed E-state index contributed by atoms with van der Waals surface area (Å²) in [5, 5.41) is 6.08. The molecule has 146 valence electrons. The Morgan fingerprint density at radius 2 is 1.76 bits per heavy atom. The second-order valence-electron chi connectivity index (χ2n) is 7.07. The van der Waals surface area contributed by atoms with Crippen molar-refractivity contribution in [2.75, 3.05) is 7.11 Å². The lowest BCUT2D eigenvalue weighted by molar-refractivity contribution is -0.145. The van der Waals surface area contributed by atoms with E-state index in [-0.39, 0.29) is 12.3 Å². The molecule has 3 aromatic carbocycles. The lowest BCUT2D eigenvalue weighted by atomic mass is 10.0. The molecule has 1 aromatic heterocycles. The standard InChI is InChI=1S/C24H22N2O3/c1-29-24(28)22(14-19-15-25-21-9-5-4-8-20(19)21)26-23(27)13-16-10-11-17-6-2-3-7-18(17)12-16/h2-12,15,22,25H,13-14H2,1H3,(H,26,27)/t22-/m1/s1. The van der Waals surface area contributed by atoms with Crippen LogP contribution in [0.25, 0.3) is 21.7 Å². The number of aromatic nitrogens is 1. The monoisotopic (exact) mass is 386 g/mol. The van der Waals surface area contributed by atoms with E-state index in [4.69, 9.17) is 4.74 Å². The van der Waals surface area contributed by atoms with Crippen LogP contribution in [-0.4, -0.2) is 30.0 Å². The molecule has 0 aliphatic rings. The number of nitrogens with one attached hydrogen (secondary N) is 2. The number of para-hydroxylation sites is 1. The highest BCUT2D eigenvalue weighted by Crippen LogP contribution is 2.20. The fourth-order valence-electron chi connectivity index (χ4n) is 3.64. The van der Waals surface area contributed by atoms with Crippen molar-refractivity contribution in [2.45, 2.75) is 18.9 Å². The van der Waals surface area contributed by atoms with Crippen LogP contribution in [0, 0.1) is 0 Å². The number of amides is 1. The van der Waals surface area contributed by atoms with E-state index in [0.29, 0.717) is 6.42 Å². The Morgan fingerprint density at radius 3 is 2.59 bits per heavy atom. The smallest absolute Gasteiger partial charge is 0.328 e. The quantitative estimate of drug-likeness (QED) is 0.496. The van der Waals surface area contributed by atoms with Gasteiger partial charge in [0.2, 0.25) is 5.91 Å². The fourth-order valence-corrected chi connectivity index (χ4v) is 3.64. The van der Waals surface area contributed by atoms with Gasteiger partial charge in [0.25, 0.3) is 0 Å². The lowest BCUT2D eigenvalue weighted by Crippen LogP contribution is -2.43. The van der Waals surface area contributed by atoms with Gasteiger partial charge in [-0.15, -0.1) is 0 Å². The van der Waals surface area contributed by atoms with E-state index in [2.05, 4.69) is 10.3 Å². The zero-order valence-electron chi connectivity index (χ0n) is 16.1. The third kappa shape index (κ3) is 4.14. The first-order chi connectivity index (χ1) is 14.1. The van der Waals surface area contributed by atoms with Crippen molar-refractivity contribution >= 4 is 33.6 Å². The van der Waals surface area contributed by atoms with E-state index >= 15 is 0 Å². The van der Waals surface area contributed by atoms with Gasteiger partial charge in [0.05, 0.1) is 13.5 Å². The Kier molecular flexibility index (Phi) is 5.29. The third-order valence-electron chi connectivity index (χ3n) is 5.10. The summed E-state index contributed by atoms with van der Waals surface area (Å²) in [6.45, 7) is 0. The number of H-pyrrole nitrogens is 1. The first-order valence-corrected chi connectivity index (χ1v) is 9.54. The van der Waals surface area contributed by atoms with E-state index in [1.165, 1.54) is 7.11 Å². The fraction of sp³-hybridized carbons (Fsp3) is 0.167. The van der Waals surface area contributed by atoms with Crippen molar-refractivity contribution in [3.05, 3.63) is 84.1 Å². The van der Waals surface area contributed by atoms with E-state index in [1.54, 1.807) is 0 Å². The summed E-state index contributed by atoms with van der Waals surface area (Å²) >= 11 is 0. The second-order valence-corrected chi connectivity index (χ2v) is 7.07. The first-order valence-electron chi connectivity index (χ1n) is 9.54. The highest BCUT2D eigenvalue weighted by Gasteiger charge is 2.23. The topological polar surface area (TPSA) is 71.2 Å². The SMILES string of the molecule is COC(=O)[C@@H](Cc1c[nH]c2ccccc12)NC(=O)Cc1ccc2ccccc2c1. The minimum absolute atomic E-state index is 0.201. The van der Waals surface area contributed by atoms with Gasteiger partial charge in [-0.3, -0.25) is 4.79 Å². The van der Waals surface area contributed by atoms with Crippen LogP contribution < -0.4 is 5.32 Å². The molecular formula is C24H22N2O3. The molecule has 0 aliphatic carbocycles. The molecule has 1 atom stereocenters. The van der Waals surface area contributed by atoms with E-state index in [0.717, 1.165) is 32.8 Å². The molecule has 0 bridgehead atoms. The minimum atomic E-state index is -0.743. The number of hydrogen-bond acceptors (Lipinski definition) is 3. The first kappa shape index (κ1) is 18.7. The maximum atomic E-state index is 12.6. The number of carbonyl (C=O) groups excluding carboxylic acids is 2. The number of carbonyl (C=O) groups is 2. The Labute approximate surface area is 168 Å². The average Bonchev–Trinajstić information content (AvgIpc) is 3.15. The van der Waals surface area contributed by atoms with Crippen LogP contribution in [0.15, 0.2) is 72.9 Å². The summed E-state index contributed by atoms with van der Waals surface area (Å²) in [6, 6.07) is 21.1. The number of aromatic amines is 1. The molecule has 2 N–H and O–H groups in total. The van der Waals surface area contributed by atoms with Gasteiger partial charge < -0.3 is 15.0 Å². The van der Waals surface area contributed by atoms with Crippen LogP contribution in [0.1, 0.15) is 11.1 Å². The number of benzene rings is 3. The van der Waals surface area contributed by atoms with Crippen molar-refractivity contribution in [3.8, 4) is 0 Å². The van der Waals surface area contributed by atoms with Gasteiger partial charge in [-0.05, 0) is 28.0 Å². The van der Waals surface area contributed by atoms with Gasteiger partial charge in [0, 0.05) is 23.5 Å². The van der Waals surface area contributed by atoms with Crippen LogP contribution in [0.5, 0.6) is 0 Å². The van der Waals surface area contributed by atoms with Gasteiger partial charge >= 0.3 is 5.97 Å². The number of hydrogen-bond donors (Lipinski definition) is 2. The number of fused-ring (bicyclic) bond motifs is 2. The van der Waals surface area contributed by atoms with Gasteiger partial charge in [-0.2, -0.15) is 0 Å². The number of methoxy groups -OCH3 is 1. The molecule has 0 saturated heterocycles. The van der Waals surface area contributed by atoms with Crippen LogP contribution in [0.4, 0.5) is 0 Å². The molecule has 5 nitrogen and oxygen atoms in total. The summed E-state index contributed by atoms with van der Waals surface area (Å²) in [5.74, 6) is -0.669. The van der Waals surface area contributed by atoms with Crippen LogP contribution >= 0.6 is 0 Å². The van der Waals surface area contributed by atoms with Crippen LogP contribution in [0.2, 0.25) is 0 Å². The lowest BCUT2D eigenvalue weighted by Gasteiger charge is -2.16. The Hall–Kier alpha value is -3.60. The van der Waals surface area contributed by atoms with E-state index in [1.807, 2.05) is 72.9 Å². The molecular weight excluding hydrogens is 364 g/mol. The van der Waals surface area contributed by atoms with Gasteiger partial charge in [0.15, 0.2) is 0 Å². The summed E-state index contributed by atoms with van der Waals surface area (Å²) in [5.41, 5.74) is 2.85. The Morgan fingerprint density at radius 1 is 1.00 bits per heavy atom. The zero-order valence-corrected chi connectivity index (χ0v) is 16.1. The minimum Gasteiger partial charge on any atom is -0.467 e. The van der Waals surface area contributed by atoms with E-state index < -0.39 is 12.0 Å². The summed E-state index contributed by atoms with van der Waals surface area (Å²) < 4.78 is 4.92. The predicted octanol–water partition coefficient (Wildman–Crippen LogP) is 3.76. The van der Waals surface area contributed by atoms with Crippen molar-refractivity contribution in [3.63, 3.8) is 0 Å². The maximum Gasteiger partial charge on any atom is 0.328 e. The molecule has 0 saturated carbocycles. The molecule has 5 heteroatoms. The zero-order chi connectivity index (χ0) is 20.2. The van der Waals surface area contributed by atoms with Gasteiger partial charge in [-0.1, -0.05) is 60.7 Å². The average molecular weight is 386 g/mol. The second kappa shape index (κ2) is 8.19. The normalized spacial score (nSPS) is 12.0. The van der Waals surface area contributed by atoms with Crippen LogP contribution in [-0.2, 0) is 27.2 Å². The molecule has 29 heavy (non-hydrogen) atoms. The summed E-state index contributed by atoms with van der Waals surface area (Å²) in [6.07, 6.45) is 2.43.